The van der Waals surface area contributed by atoms with Gasteiger partial charge in [-0.25, -0.2) is 5.43 Å². The number of nitrogens with one attached hydrogen (secondary N) is 1. The van der Waals surface area contributed by atoms with Crippen molar-refractivity contribution < 1.29 is 4.79 Å². The van der Waals surface area contributed by atoms with E-state index in [0.717, 1.165) is 17.8 Å². The van der Waals surface area contributed by atoms with E-state index in [-0.39, 0.29) is 11.3 Å². The fourth-order valence-corrected chi connectivity index (χ4v) is 3.59. The second-order valence-corrected chi connectivity index (χ2v) is 6.70. The molecule has 1 aliphatic rings. The van der Waals surface area contributed by atoms with Crippen LogP contribution in [0.4, 0.5) is 5.69 Å². The quantitative estimate of drug-likeness (QED) is 0.649. The van der Waals surface area contributed by atoms with Gasteiger partial charge in [0.2, 0.25) is 0 Å². The molecule has 2 aromatic carbocycles. The van der Waals surface area contributed by atoms with E-state index in [9.17, 15) is 4.79 Å². The van der Waals surface area contributed by atoms with Gasteiger partial charge in [-0.1, -0.05) is 36.4 Å². The van der Waals surface area contributed by atoms with Crippen molar-refractivity contribution in [2.75, 3.05) is 11.9 Å². The lowest BCUT2D eigenvalue weighted by atomic mass is 9.78. The first-order valence-corrected chi connectivity index (χ1v) is 8.87. The molecule has 136 valence electrons. The minimum Gasteiger partial charge on any atom is -0.347 e. The highest BCUT2D eigenvalue weighted by atomic mass is 16.2. The lowest BCUT2D eigenvalue weighted by molar-refractivity contribution is 0.0955. The van der Waals surface area contributed by atoms with Gasteiger partial charge < -0.3 is 4.90 Å². The molecule has 1 atom stereocenters. The van der Waals surface area contributed by atoms with Crippen LogP contribution in [0.5, 0.6) is 0 Å². The van der Waals surface area contributed by atoms with Crippen molar-refractivity contribution in [2.24, 2.45) is 5.10 Å². The van der Waals surface area contributed by atoms with Gasteiger partial charge in [-0.15, -0.1) is 0 Å². The number of nitriles is 1. The molecule has 1 amide bonds. The number of rotatable bonds is 5. The second kappa shape index (κ2) is 7.88. The van der Waals surface area contributed by atoms with Crippen LogP contribution in [0.2, 0.25) is 0 Å². The predicted octanol–water partition coefficient (Wildman–Crippen LogP) is 4.00. The highest BCUT2D eigenvalue weighted by Crippen LogP contribution is 2.49. The zero-order chi connectivity index (χ0) is 19.3. The van der Waals surface area contributed by atoms with E-state index in [1.54, 1.807) is 18.3 Å². The molecule has 0 aliphatic carbocycles. The molecule has 27 heavy (non-hydrogen) atoms. The molecular formula is C22H22N4O. The lowest BCUT2D eigenvalue weighted by Crippen LogP contribution is -2.26. The van der Waals surface area contributed by atoms with Gasteiger partial charge in [-0.05, 0) is 43.2 Å². The summed E-state index contributed by atoms with van der Waals surface area (Å²) in [7, 11) is 2.01. The number of hydrogen-bond acceptors (Lipinski definition) is 4. The van der Waals surface area contributed by atoms with E-state index in [4.69, 9.17) is 5.26 Å². The Morgan fingerprint density at radius 1 is 1.22 bits per heavy atom. The van der Waals surface area contributed by atoms with Crippen LogP contribution in [-0.4, -0.2) is 19.2 Å². The summed E-state index contributed by atoms with van der Waals surface area (Å²) in [6.45, 7) is 2.15. The molecule has 1 N–H and O–H groups in total. The Kier molecular flexibility index (Phi) is 5.37. The molecule has 0 bridgehead atoms. The molecule has 1 heterocycles. The van der Waals surface area contributed by atoms with Gasteiger partial charge in [0.15, 0.2) is 0 Å². The van der Waals surface area contributed by atoms with Gasteiger partial charge in [0.1, 0.15) is 0 Å². The van der Waals surface area contributed by atoms with E-state index in [1.807, 2.05) is 43.5 Å². The van der Waals surface area contributed by atoms with Crippen molar-refractivity contribution in [3.63, 3.8) is 0 Å². The highest BCUT2D eigenvalue weighted by Gasteiger charge is 2.41. The first-order valence-electron chi connectivity index (χ1n) is 8.87. The van der Waals surface area contributed by atoms with E-state index in [0.29, 0.717) is 12.0 Å². The summed E-state index contributed by atoms with van der Waals surface area (Å²) >= 11 is 0. The molecule has 0 spiro atoms. The number of nitrogens with zero attached hydrogens (tertiary/aromatic N) is 3. The molecule has 0 fully saturated rings. The summed E-state index contributed by atoms with van der Waals surface area (Å²) in [4.78, 5) is 14.2. The number of para-hydroxylation sites is 1. The lowest BCUT2D eigenvalue weighted by Gasteiger charge is -2.27. The molecule has 5 heteroatoms. The maximum Gasteiger partial charge on any atom is 0.271 e. The number of anilines is 1. The number of carbonyl (C=O) groups excluding carboxylic acids is 1. The summed E-state index contributed by atoms with van der Waals surface area (Å²) in [6.07, 6.45) is 4.70. The topological polar surface area (TPSA) is 68.5 Å². The smallest absolute Gasteiger partial charge is 0.271 e. The van der Waals surface area contributed by atoms with Crippen molar-refractivity contribution in [1.82, 2.24) is 5.43 Å². The van der Waals surface area contributed by atoms with Crippen LogP contribution in [0.25, 0.3) is 0 Å². The molecule has 0 saturated carbocycles. The van der Waals surface area contributed by atoms with Crippen LogP contribution < -0.4 is 10.3 Å². The number of hydrogen-bond donors (Lipinski definition) is 1. The number of hydrazone groups is 1. The number of carbonyl (C=O) groups is 1. The van der Waals surface area contributed by atoms with Crippen LogP contribution >= 0.6 is 0 Å². The van der Waals surface area contributed by atoms with E-state index < -0.39 is 0 Å². The molecule has 5 nitrogen and oxygen atoms in total. The monoisotopic (exact) mass is 358 g/mol. The van der Waals surface area contributed by atoms with E-state index >= 15 is 0 Å². The summed E-state index contributed by atoms with van der Waals surface area (Å²) < 4.78 is 0. The normalized spacial score (nSPS) is 19.9. The Labute approximate surface area is 159 Å². The number of benzene rings is 2. The van der Waals surface area contributed by atoms with Crippen LogP contribution in [0, 0.1) is 11.3 Å². The first-order chi connectivity index (χ1) is 13.1. The molecular weight excluding hydrogens is 336 g/mol. The van der Waals surface area contributed by atoms with Crippen molar-refractivity contribution in [1.29, 1.82) is 5.26 Å². The van der Waals surface area contributed by atoms with Gasteiger partial charge in [0.25, 0.3) is 5.91 Å². The van der Waals surface area contributed by atoms with Crippen LogP contribution in [0.1, 0.15) is 35.7 Å². The van der Waals surface area contributed by atoms with E-state index in [2.05, 4.69) is 40.6 Å². The molecule has 3 rings (SSSR count). The third kappa shape index (κ3) is 3.61. The Morgan fingerprint density at radius 2 is 1.93 bits per heavy atom. The van der Waals surface area contributed by atoms with Gasteiger partial charge in [-0.3, -0.25) is 4.79 Å². The highest BCUT2D eigenvalue weighted by molar-refractivity contribution is 5.94. The van der Waals surface area contributed by atoms with Crippen molar-refractivity contribution in [2.45, 2.75) is 25.2 Å². The summed E-state index contributed by atoms with van der Waals surface area (Å²) in [5.74, 6) is -0.249. The Morgan fingerprint density at radius 3 is 2.67 bits per heavy atom. The Bertz CT molecular complexity index is 927. The summed E-state index contributed by atoms with van der Waals surface area (Å²) in [5, 5.41) is 13.1. The second-order valence-electron chi connectivity index (χ2n) is 6.70. The zero-order valence-electron chi connectivity index (χ0n) is 15.5. The average molecular weight is 358 g/mol. The average Bonchev–Trinajstić information content (AvgIpc) is 2.92. The molecule has 0 saturated heterocycles. The van der Waals surface area contributed by atoms with Crippen molar-refractivity contribution in [3.8, 4) is 6.07 Å². The van der Waals surface area contributed by atoms with Gasteiger partial charge in [0.05, 0.1) is 6.07 Å². The largest absolute Gasteiger partial charge is 0.347 e. The van der Waals surface area contributed by atoms with Crippen molar-refractivity contribution >= 4 is 17.8 Å². The molecule has 1 aliphatic heterocycles. The molecule has 0 radical (unpaired) electrons. The third-order valence-corrected chi connectivity index (χ3v) is 5.03. The van der Waals surface area contributed by atoms with Gasteiger partial charge >= 0.3 is 0 Å². The fraction of sp³-hybridized carbons (Fsp3) is 0.227. The van der Waals surface area contributed by atoms with Crippen molar-refractivity contribution in [3.05, 3.63) is 77.5 Å². The van der Waals surface area contributed by atoms with E-state index in [1.165, 1.54) is 5.56 Å². The maximum absolute atomic E-state index is 12.1. The number of amides is 1. The van der Waals surface area contributed by atoms with Gasteiger partial charge in [0, 0.05) is 42.0 Å². The van der Waals surface area contributed by atoms with Crippen LogP contribution in [0.3, 0.4) is 0 Å². The molecule has 1 unspecified atom stereocenters. The zero-order valence-corrected chi connectivity index (χ0v) is 15.5. The number of likely N-dealkylation sites (N-methyl/N-ethyl adjacent to an activating group) is 1. The first kappa shape index (κ1) is 18.4. The third-order valence-electron chi connectivity index (χ3n) is 5.03. The molecule has 0 aromatic heterocycles. The standard InChI is InChI=1S/C22H22N4O/c1-22(14-8-15-23)18-11-6-7-12-19(18)26(2)20(22)13-16-24-25-21(27)17-9-4-3-5-10-17/h3-7,9-13,16H,8,14H2,1-2H3,(H,25,27)/b20-13-,24-16+. The van der Waals surface area contributed by atoms with Crippen LogP contribution in [0.15, 0.2) is 71.5 Å². The maximum atomic E-state index is 12.1. The minimum atomic E-state index is -0.267. The molecule has 2 aromatic rings. The summed E-state index contributed by atoms with van der Waals surface area (Å²) in [5.41, 5.74) is 6.23. The number of fused-ring (bicyclic) bond motifs is 1. The Balaban J connectivity index is 1.81. The van der Waals surface area contributed by atoms with Gasteiger partial charge in [-0.2, -0.15) is 10.4 Å². The Hall–Kier alpha value is -3.39. The predicted molar refractivity (Wildman–Crippen MR) is 108 cm³/mol. The SMILES string of the molecule is CN1/C(=C\C=N\NC(=O)c2ccccc2)C(C)(CCC#N)c2ccccc21. The van der Waals surface area contributed by atoms with Crippen LogP contribution in [-0.2, 0) is 5.41 Å². The fourth-order valence-electron chi connectivity index (χ4n) is 3.59. The minimum absolute atomic E-state index is 0.249. The number of allylic oxidation sites excluding steroid dienone is 2. The summed E-state index contributed by atoms with van der Waals surface area (Å²) in [6, 6.07) is 19.4.